The van der Waals surface area contributed by atoms with Crippen LogP contribution in [0, 0.1) is 13.8 Å². The summed E-state index contributed by atoms with van der Waals surface area (Å²) in [6, 6.07) is 25.6. The number of benzene rings is 3. The maximum Gasteiger partial charge on any atom is 0.254 e. The molecular formula is C32H33N3O2. The lowest BCUT2D eigenvalue weighted by molar-refractivity contribution is 0.0550. The van der Waals surface area contributed by atoms with Crippen molar-refractivity contribution >= 4 is 22.6 Å². The molecule has 1 aromatic heterocycles. The monoisotopic (exact) mass is 491 g/mol. The van der Waals surface area contributed by atoms with E-state index < -0.39 is 0 Å². The molecular weight excluding hydrogens is 458 g/mol. The number of carbonyl (C=O) groups excluding carboxylic acids is 2. The third-order valence-electron chi connectivity index (χ3n) is 7.28. The first kappa shape index (κ1) is 24.8. The van der Waals surface area contributed by atoms with Gasteiger partial charge in [0, 0.05) is 54.3 Å². The Morgan fingerprint density at radius 1 is 0.919 bits per heavy atom. The highest BCUT2D eigenvalue weighted by molar-refractivity contribution is 5.98. The van der Waals surface area contributed by atoms with Crippen LogP contribution in [0.1, 0.15) is 56.7 Å². The van der Waals surface area contributed by atoms with Crippen molar-refractivity contribution < 1.29 is 9.59 Å². The molecule has 1 saturated heterocycles. The molecule has 2 atom stereocenters. The average molecular weight is 492 g/mol. The number of nitrogens with one attached hydrogen (secondary N) is 1. The summed E-state index contributed by atoms with van der Waals surface area (Å²) in [4.78, 5) is 33.2. The van der Waals surface area contributed by atoms with Gasteiger partial charge >= 0.3 is 0 Å². The van der Waals surface area contributed by atoms with Gasteiger partial charge in [-0.05, 0) is 56.5 Å². The first-order valence-electron chi connectivity index (χ1n) is 13.0. The number of fused-ring (bicyclic) bond motifs is 1. The molecule has 1 amide bonds. The van der Waals surface area contributed by atoms with E-state index >= 15 is 0 Å². The third-order valence-corrected chi connectivity index (χ3v) is 7.28. The van der Waals surface area contributed by atoms with Crippen molar-refractivity contribution in [3.63, 3.8) is 0 Å². The largest absolute Gasteiger partial charge is 0.335 e. The van der Waals surface area contributed by atoms with Gasteiger partial charge in [-0.15, -0.1) is 0 Å². The van der Waals surface area contributed by atoms with Gasteiger partial charge in [-0.2, -0.15) is 0 Å². The van der Waals surface area contributed by atoms with Gasteiger partial charge in [0.1, 0.15) is 0 Å². The molecule has 2 unspecified atom stereocenters. The molecule has 37 heavy (non-hydrogen) atoms. The van der Waals surface area contributed by atoms with Crippen LogP contribution in [-0.4, -0.2) is 40.2 Å². The molecule has 4 aromatic rings. The molecule has 0 aliphatic carbocycles. The van der Waals surface area contributed by atoms with Crippen LogP contribution in [0.5, 0.6) is 0 Å². The highest BCUT2D eigenvalue weighted by Crippen LogP contribution is 2.26. The Bertz CT molecular complexity index is 1390. The number of amides is 1. The van der Waals surface area contributed by atoms with Gasteiger partial charge in [-0.25, -0.2) is 0 Å². The van der Waals surface area contributed by atoms with E-state index in [4.69, 9.17) is 0 Å². The van der Waals surface area contributed by atoms with E-state index in [9.17, 15) is 9.59 Å². The summed E-state index contributed by atoms with van der Waals surface area (Å²) in [6.45, 7) is 5.36. The summed E-state index contributed by atoms with van der Waals surface area (Å²) >= 11 is 0. The van der Waals surface area contributed by atoms with Gasteiger partial charge in [-0.1, -0.05) is 65.7 Å². The summed E-state index contributed by atoms with van der Waals surface area (Å²) in [5.74, 6) is 0.0841. The maximum absolute atomic E-state index is 13.7. The molecule has 1 N–H and O–H groups in total. The minimum absolute atomic E-state index is 0.0104. The van der Waals surface area contributed by atoms with E-state index in [1.54, 1.807) is 0 Å². The number of para-hydroxylation sites is 1. The smallest absolute Gasteiger partial charge is 0.254 e. The van der Waals surface area contributed by atoms with Crippen molar-refractivity contribution in [2.75, 3.05) is 6.54 Å². The van der Waals surface area contributed by atoms with Crippen molar-refractivity contribution in [1.82, 2.24) is 15.2 Å². The molecule has 5 rings (SSSR count). The van der Waals surface area contributed by atoms with Crippen molar-refractivity contribution in [3.05, 3.63) is 113 Å². The van der Waals surface area contributed by atoms with Crippen LogP contribution >= 0.6 is 0 Å². The van der Waals surface area contributed by atoms with E-state index in [0.29, 0.717) is 24.1 Å². The minimum atomic E-state index is -0.165. The fourth-order valence-corrected chi connectivity index (χ4v) is 5.48. The SMILES string of the molecule is Cc1cc(C)cc(C(=O)N2CCC(NCc3ccnc4ccccc34)CC2CC(=O)c2ccccc2)c1. The Morgan fingerprint density at radius 2 is 1.65 bits per heavy atom. The number of aromatic nitrogens is 1. The standard InChI is InChI=1S/C32H33N3O2/c1-22-16-23(2)18-26(17-22)32(37)35-15-13-27(19-28(35)20-31(36)24-8-4-3-5-9-24)34-21-25-12-14-33-30-11-7-6-10-29(25)30/h3-12,14,16-18,27-28,34H,13,15,19-21H2,1-2H3. The Labute approximate surface area is 218 Å². The summed E-state index contributed by atoms with van der Waals surface area (Å²) in [5.41, 5.74) is 5.73. The molecule has 0 spiro atoms. The van der Waals surface area contributed by atoms with Crippen LogP contribution < -0.4 is 5.32 Å². The number of nitrogens with zero attached hydrogens (tertiary/aromatic N) is 2. The number of hydrogen-bond donors (Lipinski definition) is 1. The van der Waals surface area contributed by atoms with E-state index in [2.05, 4.69) is 28.5 Å². The molecule has 5 nitrogen and oxygen atoms in total. The van der Waals surface area contributed by atoms with Crippen LogP contribution in [0.3, 0.4) is 0 Å². The molecule has 1 aliphatic heterocycles. The number of likely N-dealkylation sites (tertiary alicyclic amines) is 1. The average Bonchev–Trinajstić information content (AvgIpc) is 2.91. The van der Waals surface area contributed by atoms with Crippen molar-refractivity contribution in [2.24, 2.45) is 0 Å². The van der Waals surface area contributed by atoms with E-state index in [0.717, 1.165) is 41.4 Å². The number of piperidine rings is 1. The first-order valence-corrected chi connectivity index (χ1v) is 13.0. The summed E-state index contributed by atoms with van der Waals surface area (Å²) in [6.07, 6.45) is 3.75. The van der Waals surface area contributed by atoms with Crippen LogP contribution in [-0.2, 0) is 6.54 Å². The van der Waals surface area contributed by atoms with Gasteiger partial charge in [0.05, 0.1) is 5.52 Å². The van der Waals surface area contributed by atoms with Crippen molar-refractivity contribution in [1.29, 1.82) is 0 Å². The zero-order valence-corrected chi connectivity index (χ0v) is 21.5. The van der Waals surface area contributed by atoms with Gasteiger partial charge < -0.3 is 10.2 Å². The topological polar surface area (TPSA) is 62.3 Å². The molecule has 5 heteroatoms. The Morgan fingerprint density at radius 3 is 2.43 bits per heavy atom. The Balaban J connectivity index is 1.35. The fraction of sp³-hybridized carbons (Fsp3) is 0.281. The third kappa shape index (κ3) is 5.78. The van der Waals surface area contributed by atoms with E-state index in [-0.39, 0.29) is 23.8 Å². The molecule has 3 aromatic carbocycles. The predicted octanol–water partition coefficient (Wildman–Crippen LogP) is 5.89. The van der Waals surface area contributed by atoms with Crippen molar-refractivity contribution in [2.45, 2.75) is 51.7 Å². The van der Waals surface area contributed by atoms with E-state index in [1.807, 2.05) is 85.6 Å². The molecule has 0 saturated carbocycles. The van der Waals surface area contributed by atoms with Gasteiger partial charge in [0.25, 0.3) is 5.91 Å². The van der Waals surface area contributed by atoms with Crippen LogP contribution in [0.2, 0.25) is 0 Å². The number of carbonyl (C=O) groups is 2. The maximum atomic E-state index is 13.7. The Hall–Kier alpha value is -3.83. The molecule has 0 radical (unpaired) electrons. The van der Waals surface area contributed by atoms with Gasteiger partial charge in [0.2, 0.25) is 0 Å². The normalized spacial score (nSPS) is 17.6. The zero-order valence-electron chi connectivity index (χ0n) is 21.5. The van der Waals surface area contributed by atoms with Crippen molar-refractivity contribution in [3.8, 4) is 0 Å². The van der Waals surface area contributed by atoms with E-state index in [1.165, 1.54) is 5.56 Å². The molecule has 1 fully saturated rings. The summed E-state index contributed by atoms with van der Waals surface area (Å²) < 4.78 is 0. The van der Waals surface area contributed by atoms with Crippen LogP contribution in [0.4, 0.5) is 0 Å². The molecule has 2 heterocycles. The summed E-state index contributed by atoms with van der Waals surface area (Å²) in [5, 5.41) is 4.86. The highest BCUT2D eigenvalue weighted by atomic mass is 16.2. The zero-order chi connectivity index (χ0) is 25.8. The highest BCUT2D eigenvalue weighted by Gasteiger charge is 2.33. The number of hydrogen-bond acceptors (Lipinski definition) is 4. The van der Waals surface area contributed by atoms with Gasteiger partial charge in [0.15, 0.2) is 5.78 Å². The quantitative estimate of drug-likeness (QED) is 0.328. The fourth-order valence-electron chi connectivity index (χ4n) is 5.48. The second-order valence-electron chi connectivity index (χ2n) is 10.1. The number of Topliss-reactive ketones (excluding diaryl/α,β-unsaturated/α-hetero) is 1. The molecule has 0 bridgehead atoms. The molecule has 1 aliphatic rings. The first-order chi connectivity index (χ1) is 18.0. The summed E-state index contributed by atoms with van der Waals surface area (Å²) in [7, 11) is 0. The van der Waals surface area contributed by atoms with Crippen LogP contribution in [0.25, 0.3) is 10.9 Å². The Kier molecular flexibility index (Phi) is 7.42. The number of rotatable bonds is 7. The minimum Gasteiger partial charge on any atom is -0.335 e. The number of pyridine rings is 1. The van der Waals surface area contributed by atoms with Crippen LogP contribution in [0.15, 0.2) is 85.1 Å². The number of ketones is 1. The molecule has 188 valence electrons. The predicted molar refractivity (Wildman–Crippen MR) is 148 cm³/mol. The van der Waals surface area contributed by atoms with Gasteiger partial charge in [-0.3, -0.25) is 14.6 Å². The second kappa shape index (κ2) is 11.1. The lowest BCUT2D eigenvalue weighted by Gasteiger charge is -2.40. The lowest BCUT2D eigenvalue weighted by atomic mass is 9.90. The lowest BCUT2D eigenvalue weighted by Crippen LogP contribution is -2.51. The second-order valence-corrected chi connectivity index (χ2v) is 10.1. The number of aryl methyl sites for hydroxylation is 2.